The second-order valence-corrected chi connectivity index (χ2v) is 10.6. The Morgan fingerprint density at radius 3 is 0.743 bits per heavy atom. The average molecular weight is 533 g/mol. The second kappa shape index (κ2) is 38.4. The molecule has 0 aliphatic rings. The Labute approximate surface area is 233 Å². The zero-order valence-corrected chi connectivity index (χ0v) is 26.2. The van der Waals surface area contributed by atoms with Gasteiger partial charge in [0, 0.05) is 12.9 Å². The lowest BCUT2D eigenvalue weighted by molar-refractivity contribution is -0.127. The van der Waals surface area contributed by atoms with Crippen LogP contribution >= 0.6 is 25.5 Å². The first kappa shape index (κ1) is 39.4. The molecule has 0 aromatic carbocycles. The summed E-state index contributed by atoms with van der Waals surface area (Å²) >= 11 is 6.75. The first-order valence-electron chi connectivity index (χ1n) is 15.2. The standard InChI is InChI=1S/C18H38.C10H22.C3H4O2S2/c1-3-5-7-9-11-13-15-17-18-16-14-12-10-8-6-4-2;1-3-5-7-9-10-8-6-4-2;1-2(6)3(4)5-7/h3-18H2,1-2H3;3-10H2,1-2H3;6-7H,1H2. The monoisotopic (exact) mass is 532 g/mol. The zero-order chi connectivity index (χ0) is 26.8. The highest BCUT2D eigenvalue weighted by atomic mass is 32.1. The van der Waals surface area contributed by atoms with Crippen molar-refractivity contribution < 1.29 is 8.98 Å². The third-order valence-corrected chi connectivity index (χ3v) is 6.58. The van der Waals surface area contributed by atoms with Crippen LogP contribution in [0, 0.1) is 0 Å². The minimum absolute atomic E-state index is 0.0509. The number of carbonyl (C=O) groups excluding carboxylic acids is 1. The van der Waals surface area contributed by atoms with E-state index in [9.17, 15) is 4.79 Å². The molecule has 4 heteroatoms. The Morgan fingerprint density at radius 2 is 0.657 bits per heavy atom. The van der Waals surface area contributed by atoms with Gasteiger partial charge >= 0.3 is 5.97 Å². The number of rotatable bonds is 23. The number of thiol groups is 2. The van der Waals surface area contributed by atoms with Crippen LogP contribution in [0.2, 0.25) is 0 Å². The van der Waals surface area contributed by atoms with Crippen LogP contribution in [-0.2, 0) is 8.98 Å². The van der Waals surface area contributed by atoms with Crippen molar-refractivity contribution in [1.82, 2.24) is 0 Å². The van der Waals surface area contributed by atoms with Crippen LogP contribution in [-0.4, -0.2) is 5.97 Å². The molecule has 0 aromatic rings. The van der Waals surface area contributed by atoms with Crippen LogP contribution in [0.3, 0.4) is 0 Å². The molecule has 2 nitrogen and oxygen atoms in total. The first-order valence-corrected chi connectivity index (χ1v) is 16.1. The Hall–Kier alpha value is -0.0900. The van der Waals surface area contributed by atoms with E-state index in [-0.39, 0.29) is 4.91 Å². The first-order chi connectivity index (χ1) is 17.0. The molecule has 0 N–H and O–H groups in total. The minimum atomic E-state index is -0.619. The molecule has 0 aliphatic carbocycles. The van der Waals surface area contributed by atoms with E-state index in [4.69, 9.17) is 0 Å². The molecule has 0 saturated carbocycles. The van der Waals surface area contributed by atoms with E-state index in [2.05, 4.69) is 64.0 Å². The van der Waals surface area contributed by atoms with Crippen molar-refractivity contribution in [1.29, 1.82) is 0 Å². The highest BCUT2D eigenvalue weighted by Gasteiger charge is 1.98. The molecule has 0 heterocycles. The van der Waals surface area contributed by atoms with Gasteiger partial charge in [-0.05, 0) is 0 Å². The van der Waals surface area contributed by atoms with E-state index in [0.29, 0.717) is 0 Å². The lowest BCUT2D eigenvalue weighted by Gasteiger charge is -2.03. The molecule has 212 valence electrons. The summed E-state index contributed by atoms with van der Waals surface area (Å²) in [6.07, 6.45) is 34.9. The number of hydrogen-bond donors (Lipinski definition) is 2. The summed E-state index contributed by atoms with van der Waals surface area (Å²) in [5, 5.41) is 0. The van der Waals surface area contributed by atoms with Gasteiger partial charge in [-0.25, -0.2) is 4.79 Å². The van der Waals surface area contributed by atoms with Crippen LogP contribution in [0.5, 0.6) is 0 Å². The van der Waals surface area contributed by atoms with E-state index in [1.165, 1.54) is 154 Å². The fraction of sp³-hybridized carbons (Fsp3) is 0.903. The smallest absolute Gasteiger partial charge is 0.355 e. The molecule has 0 bridgehead atoms. The summed E-state index contributed by atoms with van der Waals surface area (Å²) in [5.41, 5.74) is 0. The van der Waals surface area contributed by atoms with Crippen molar-refractivity contribution in [2.75, 3.05) is 0 Å². The highest BCUT2D eigenvalue weighted by Crippen LogP contribution is 2.13. The molecule has 35 heavy (non-hydrogen) atoms. The molecule has 0 spiro atoms. The van der Waals surface area contributed by atoms with Gasteiger partial charge in [0.05, 0.1) is 4.91 Å². The van der Waals surface area contributed by atoms with Gasteiger partial charge in [-0.1, -0.05) is 188 Å². The minimum Gasteiger partial charge on any atom is -0.391 e. The van der Waals surface area contributed by atoms with Crippen molar-refractivity contribution >= 4 is 31.5 Å². The van der Waals surface area contributed by atoms with Crippen LogP contribution < -0.4 is 0 Å². The lowest BCUT2D eigenvalue weighted by atomic mass is 10.0. The van der Waals surface area contributed by atoms with Crippen molar-refractivity contribution in [2.45, 2.75) is 182 Å². The van der Waals surface area contributed by atoms with Crippen LogP contribution in [0.15, 0.2) is 11.5 Å². The fourth-order valence-electron chi connectivity index (χ4n) is 3.88. The zero-order valence-electron chi connectivity index (χ0n) is 24.4. The summed E-state index contributed by atoms with van der Waals surface area (Å²) < 4.78 is 3.89. The summed E-state index contributed by atoms with van der Waals surface area (Å²) in [6.45, 7) is 12.3. The average Bonchev–Trinajstić information content (AvgIpc) is 2.86. The Kier molecular flexibility index (Phi) is 43.3. The fourth-order valence-corrected chi connectivity index (χ4v) is 4.11. The maximum atomic E-state index is 10.0. The molecule has 0 rings (SSSR count). The predicted molar refractivity (Wildman–Crippen MR) is 167 cm³/mol. The molecule has 0 atom stereocenters. The van der Waals surface area contributed by atoms with Crippen molar-refractivity contribution in [3.05, 3.63) is 11.5 Å². The summed E-state index contributed by atoms with van der Waals surface area (Å²) in [4.78, 5) is 10.1. The van der Waals surface area contributed by atoms with Crippen molar-refractivity contribution in [3.63, 3.8) is 0 Å². The third kappa shape index (κ3) is 44.3. The van der Waals surface area contributed by atoms with Gasteiger partial charge in [-0.15, -0.1) is 12.6 Å². The maximum Gasteiger partial charge on any atom is 0.355 e. The van der Waals surface area contributed by atoms with Crippen LogP contribution in [0.25, 0.3) is 0 Å². The number of hydrogen-bond acceptors (Lipinski definition) is 4. The molecule has 0 fully saturated rings. The second-order valence-electron chi connectivity index (χ2n) is 9.90. The Balaban J connectivity index is -0.000000504. The third-order valence-electron chi connectivity index (χ3n) is 6.23. The van der Waals surface area contributed by atoms with Crippen molar-refractivity contribution in [3.8, 4) is 0 Å². The molecule has 0 aromatic heterocycles. The molecule has 0 amide bonds. The van der Waals surface area contributed by atoms with Gasteiger partial charge in [0.1, 0.15) is 0 Å². The maximum absolute atomic E-state index is 10.0. The van der Waals surface area contributed by atoms with Crippen LogP contribution in [0.1, 0.15) is 182 Å². The van der Waals surface area contributed by atoms with Gasteiger partial charge in [0.2, 0.25) is 0 Å². The molecular weight excluding hydrogens is 468 g/mol. The predicted octanol–water partition coefficient (Wildman–Crippen LogP) is 12.2. The molecular formula is C31H64O2S2. The molecule has 0 radical (unpaired) electrons. The summed E-state index contributed by atoms with van der Waals surface area (Å²) in [7, 11) is 0. The quantitative estimate of drug-likeness (QED) is 0.0592. The van der Waals surface area contributed by atoms with Crippen molar-refractivity contribution in [2.24, 2.45) is 0 Å². The summed E-state index contributed by atoms with van der Waals surface area (Å²) in [6, 6.07) is 0. The topological polar surface area (TPSA) is 26.3 Å². The van der Waals surface area contributed by atoms with Gasteiger partial charge in [0.15, 0.2) is 0 Å². The van der Waals surface area contributed by atoms with E-state index >= 15 is 0 Å². The highest BCUT2D eigenvalue weighted by molar-refractivity contribution is 7.85. The molecule has 0 saturated heterocycles. The Bertz CT molecular complexity index is 375. The van der Waals surface area contributed by atoms with E-state index in [0.717, 1.165) is 0 Å². The number of carbonyl (C=O) groups is 1. The van der Waals surface area contributed by atoms with Gasteiger partial charge in [-0.2, -0.15) is 0 Å². The largest absolute Gasteiger partial charge is 0.391 e. The molecule has 0 aliphatic heterocycles. The Morgan fingerprint density at radius 1 is 0.486 bits per heavy atom. The lowest BCUT2D eigenvalue weighted by Crippen LogP contribution is -1.93. The van der Waals surface area contributed by atoms with E-state index < -0.39 is 5.97 Å². The van der Waals surface area contributed by atoms with Gasteiger partial charge < -0.3 is 4.18 Å². The normalized spacial score (nSPS) is 10.1. The van der Waals surface area contributed by atoms with E-state index in [1.807, 2.05) is 0 Å². The van der Waals surface area contributed by atoms with Gasteiger partial charge in [0.25, 0.3) is 0 Å². The van der Waals surface area contributed by atoms with Crippen LogP contribution in [0.4, 0.5) is 0 Å². The summed E-state index contributed by atoms with van der Waals surface area (Å²) in [5.74, 6) is -0.619. The SMILES string of the molecule is C=C(S)C(=O)OS.CCCCCCCCCC.CCCCCCCCCCCCCCCCCC. The molecule has 0 unspecified atom stereocenters. The van der Waals surface area contributed by atoms with Gasteiger partial charge in [-0.3, -0.25) is 0 Å². The number of unbranched alkanes of at least 4 members (excludes halogenated alkanes) is 22. The van der Waals surface area contributed by atoms with E-state index in [1.54, 1.807) is 0 Å².